The van der Waals surface area contributed by atoms with Gasteiger partial charge in [0.2, 0.25) is 10.0 Å². The number of sulfonamides is 1. The Morgan fingerprint density at radius 2 is 2.00 bits per heavy atom. The van der Waals surface area contributed by atoms with Gasteiger partial charge in [-0.05, 0) is 50.1 Å². The lowest BCUT2D eigenvalue weighted by Gasteiger charge is -2.16. The molecule has 2 aromatic rings. The molecule has 1 aromatic heterocycles. The fourth-order valence-electron chi connectivity index (χ4n) is 2.12. The minimum atomic E-state index is -3.85. The number of carboxylic acid groups (broad SMARTS) is 1. The molecular weight excluding hydrogens is 306 g/mol. The van der Waals surface area contributed by atoms with Crippen molar-refractivity contribution >= 4 is 16.0 Å². The molecule has 22 heavy (non-hydrogen) atoms. The number of aryl methyl sites for hydroxylation is 1. The lowest BCUT2D eigenvalue weighted by atomic mass is 10.1. The van der Waals surface area contributed by atoms with Gasteiger partial charge in [0.15, 0.2) is 0 Å². The fraction of sp³-hybridized carbons (Fsp3) is 0.267. The van der Waals surface area contributed by atoms with Gasteiger partial charge in [0, 0.05) is 11.6 Å². The minimum Gasteiger partial charge on any atom is -0.478 e. The smallest absolute Gasteiger partial charge is 0.335 e. The van der Waals surface area contributed by atoms with Crippen LogP contribution in [0.1, 0.15) is 40.0 Å². The van der Waals surface area contributed by atoms with Crippen LogP contribution >= 0.6 is 0 Å². The van der Waals surface area contributed by atoms with Crippen LogP contribution in [0.15, 0.2) is 40.0 Å². The molecule has 0 radical (unpaired) electrons. The van der Waals surface area contributed by atoms with E-state index < -0.39 is 22.0 Å². The van der Waals surface area contributed by atoms with E-state index in [1.165, 1.54) is 24.7 Å². The molecule has 0 spiro atoms. The van der Waals surface area contributed by atoms with Gasteiger partial charge in [-0.15, -0.1) is 0 Å². The summed E-state index contributed by atoms with van der Waals surface area (Å²) in [5, 5.41) is 9.09. The van der Waals surface area contributed by atoms with Gasteiger partial charge < -0.3 is 9.52 Å². The zero-order valence-corrected chi connectivity index (χ0v) is 13.3. The first kappa shape index (κ1) is 16.3. The summed E-state index contributed by atoms with van der Waals surface area (Å²) in [6.07, 6.45) is 2.92. The highest BCUT2D eigenvalue weighted by atomic mass is 32.2. The number of nitrogens with one attached hydrogen (secondary N) is 1. The Balaban J connectivity index is 2.43. The van der Waals surface area contributed by atoms with Crippen molar-refractivity contribution in [2.75, 3.05) is 0 Å². The number of hydrogen-bond acceptors (Lipinski definition) is 4. The van der Waals surface area contributed by atoms with Crippen LogP contribution in [-0.2, 0) is 10.0 Å². The first-order chi connectivity index (χ1) is 10.2. The van der Waals surface area contributed by atoms with Crippen LogP contribution in [0, 0.1) is 13.8 Å². The molecule has 0 aliphatic heterocycles. The maximum Gasteiger partial charge on any atom is 0.335 e. The number of benzene rings is 1. The van der Waals surface area contributed by atoms with Crippen molar-refractivity contribution in [3.63, 3.8) is 0 Å². The molecule has 0 unspecified atom stereocenters. The number of aromatic carboxylic acids is 1. The number of rotatable bonds is 5. The van der Waals surface area contributed by atoms with Gasteiger partial charge in [-0.1, -0.05) is 0 Å². The van der Waals surface area contributed by atoms with Crippen molar-refractivity contribution in [2.45, 2.75) is 31.7 Å². The van der Waals surface area contributed by atoms with Crippen LogP contribution < -0.4 is 4.72 Å². The van der Waals surface area contributed by atoms with Gasteiger partial charge in [-0.2, -0.15) is 0 Å². The minimum absolute atomic E-state index is 0.0276. The topological polar surface area (TPSA) is 96.6 Å². The normalized spacial score (nSPS) is 13.0. The van der Waals surface area contributed by atoms with Crippen molar-refractivity contribution < 1.29 is 22.7 Å². The van der Waals surface area contributed by atoms with Gasteiger partial charge in [0.25, 0.3) is 0 Å². The van der Waals surface area contributed by atoms with Crippen LogP contribution in [0.25, 0.3) is 0 Å². The van der Waals surface area contributed by atoms with Crippen LogP contribution in [0.5, 0.6) is 0 Å². The summed E-state index contributed by atoms with van der Waals surface area (Å²) in [7, 11) is -3.85. The zero-order valence-electron chi connectivity index (χ0n) is 12.5. The molecular formula is C15H17NO5S. The Labute approximate surface area is 128 Å². The molecule has 118 valence electrons. The zero-order chi connectivity index (χ0) is 16.5. The summed E-state index contributed by atoms with van der Waals surface area (Å²) in [5.74, 6) is -1.16. The first-order valence-corrected chi connectivity index (χ1v) is 8.09. The highest BCUT2D eigenvalue weighted by molar-refractivity contribution is 7.89. The SMILES string of the molecule is Cc1cc(C(=O)O)cc(S(=O)(=O)N[C@@H](C)c2ccoc2)c1C. The second-order valence-electron chi connectivity index (χ2n) is 5.12. The lowest BCUT2D eigenvalue weighted by molar-refractivity contribution is 0.0696. The molecule has 2 N–H and O–H groups in total. The Kier molecular flexibility index (Phi) is 4.39. The average Bonchev–Trinajstić information content (AvgIpc) is 2.94. The second-order valence-corrected chi connectivity index (χ2v) is 6.80. The molecule has 1 aromatic carbocycles. The van der Waals surface area contributed by atoms with E-state index in [0.717, 1.165) is 0 Å². The van der Waals surface area contributed by atoms with Gasteiger partial charge in [-0.25, -0.2) is 17.9 Å². The van der Waals surface area contributed by atoms with Gasteiger partial charge in [0.1, 0.15) is 0 Å². The number of carboxylic acids is 1. The van der Waals surface area contributed by atoms with E-state index in [1.807, 2.05) is 0 Å². The molecule has 0 fully saturated rings. The summed E-state index contributed by atoms with van der Waals surface area (Å²) in [5.41, 5.74) is 1.76. The Morgan fingerprint density at radius 1 is 1.32 bits per heavy atom. The molecule has 0 saturated heterocycles. The molecule has 0 saturated carbocycles. The number of carbonyl (C=O) groups is 1. The van der Waals surface area contributed by atoms with Gasteiger partial charge in [-0.3, -0.25) is 0 Å². The largest absolute Gasteiger partial charge is 0.478 e. The van der Waals surface area contributed by atoms with Crippen LogP contribution in [-0.4, -0.2) is 19.5 Å². The molecule has 6 nitrogen and oxygen atoms in total. The monoisotopic (exact) mass is 323 g/mol. The van der Waals surface area contributed by atoms with Crippen molar-refractivity contribution in [3.8, 4) is 0 Å². The Bertz CT molecular complexity index is 794. The van der Waals surface area contributed by atoms with E-state index in [2.05, 4.69) is 4.72 Å². The quantitative estimate of drug-likeness (QED) is 0.881. The molecule has 0 aliphatic rings. The molecule has 0 amide bonds. The van der Waals surface area contributed by atoms with Crippen molar-refractivity contribution in [3.05, 3.63) is 53.0 Å². The van der Waals surface area contributed by atoms with E-state index >= 15 is 0 Å². The predicted octanol–water partition coefficient (Wildman–Crippen LogP) is 2.63. The van der Waals surface area contributed by atoms with Crippen molar-refractivity contribution in [1.82, 2.24) is 4.72 Å². The van der Waals surface area contributed by atoms with E-state index in [4.69, 9.17) is 9.52 Å². The third-order valence-electron chi connectivity index (χ3n) is 3.53. The standard InChI is InChI=1S/C15H17NO5S/c1-9-6-13(15(17)18)7-14(10(9)2)22(19,20)16-11(3)12-4-5-21-8-12/h4-8,11,16H,1-3H3,(H,17,18)/t11-/m0/s1. The van der Waals surface area contributed by atoms with E-state index in [-0.39, 0.29) is 10.5 Å². The summed E-state index contributed by atoms with van der Waals surface area (Å²) in [6, 6.07) is 3.81. The lowest BCUT2D eigenvalue weighted by Crippen LogP contribution is -2.27. The summed E-state index contributed by atoms with van der Waals surface area (Å²) >= 11 is 0. The van der Waals surface area contributed by atoms with Crippen LogP contribution in [0.3, 0.4) is 0 Å². The molecule has 0 bridgehead atoms. The fourth-order valence-corrected chi connectivity index (χ4v) is 3.69. The van der Waals surface area contributed by atoms with Crippen molar-refractivity contribution in [1.29, 1.82) is 0 Å². The van der Waals surface area contributed by atoms with E-state index in [9.17, 15) is 13.2 Å². The second kappa shape index (κ2) is 5.94. The molecule has 2 rings (SSSR count). The Hall–Kier alpha value is -2.12. The number of furan rings is 1. The molecule has 7 heteroatoms. The highest BCUT2D eigenvalue weighted by Gasteiger charge is 2.23. The van der Waals surface area contributed by atoms with Gasteiger partial charge in [0.05, 0.1) is 23.0 Å². The predicted molar refractivity (Wildman–Crippen MR) is 80.3 cm³/mol. The summed E-state index contributed by atoms with van der Waals surface area (Å²) in [4.78, 5) is 11.1. The van der Waals surface area contributed by atoms with Crippen molar-refractivity contribution in [2.24, 2.45) is 0 Å². The molecule has 1 heterocycles. The number of hydrogen-bond donors (Lipinski definition) is 2. The van der Waals surface area contributed by atoms with Crippen LogP contribution in [0.2, 0.25) is 0 Å². The van der Waals surface area contributed by atoms with Gasteiger partial charge >= 0.3 is 5.97 Å². The maximum absolute atomic E-state index is 12.6. The van der Waals surface area contributed by atoms with E-state index in [0.29, 0.717) is 16.7 Å². The summed E-state index contributed by atoms with van der Waals surface area (Å²) < 4.78 is 32.6. The molecule has 0 aliphatic carbocycles. The molecule has 1 atom stereocenters. The maximum atomic E-state index is 12.6. The average molecular weight is 323 g/mol. The first-order valence-electron chi connectivity index (χ1n) is 6.61. The van der Waals surface area contributed by atoms with Crippen LogP contribution in [0.4, 0.5) is 0 Å². The third-order valence-corrected chi connectivity index (χ3v) is 5.20. The Morgan fingerprint density at radius 3 is 2.55 bits per heavy atom. The van der Waals surface area contributed by atoms with E-state index in [1.54, 1.807) is 26.8 Å². The third kappa shape index (κ3) is 3.20. The highest BCUT2D eigenvalue weighted by Crippen LogP contribution is 2.23. The summed E-state index contributed by atoms with van der Waals surface area (Å²) in [6.45, 7) is 5.02.